The Hall–Kier alpha value is -2.52. The van der Waals surface area contributed by atoms with Crippen LogP contribution in [-0.4, -0.2) is 80.2 Å². The highest BCUT2D eigenvalue weighted by Gasteiger charge is 2.25. The number of phosphoric acid groups is 1. The fourth-order valence-corrected chi connectivity index (χ4v) is 5.98. The van der Waals surface area contributed by atoms with E-state index in [1.165, 1.54) is 70.6 Å². The zero-order chi connectivity index (χ0) is 41.4. The number of quaternary nitrogens is 1. The van der Waals surface area contributed by atoms with Gasteiger partial charge in [-0.05, 0) is 57.4 Å². The first-order valence-corrected chi connectivity index (χ1v) is 23.0. The van der Waals surface area contributed by atoms with E-state index in [0.29, 0.717) is 23.9 Å². The highest BCUT2D eigenvalue weighted by molar-refractivity contribution is 7.47. The molecular formula is C46H81NO8P+. The van der Waals surface area contributed by atoms with Crippen molar-refractivity contribution in [2.24, 2.45) is 0 Å². The second-order valence-corrected chi connectivity index (χ2v) is 16.7. The molecule has 0 bridgehead atoms. The van der Waals surface area contributed by atoms with E-state index in [9.17, 15) is 19.4 Å². The molecule has 0 aliphatic heterocycles. The number of allylic oxidation sites excluding steroid dienone is 11. The molecular weight excluding hydrogens is 725 g/mol. The van der Waals surface area contributed by atoms with Gasteiger partial charge >= 0.3 is 13.8 Å². The van der Waals surface area contributed by atoms with E-state index in [0.717, 1.165) is 38.5 Å². The summed E-state index contributed by atoms with van der Waals surface area (Å²) in [6.45, 7) is 4.57. The Morgan fingerprint density at radius 1 is 0.679 bits per heavy atom. The minimum Gasteiger partial charge on any atom is -0.492 e. The lowest BCUT2D eigenvalue weighted by molar-refractivity contribution is -0.870. The van der Waals surface area contributed by atoms with Gasteiger partial charge in [0.2, 0.25) is 0 Å². The Morgan fingerprint density at radius 2 is 1.27 bits per heavy atom. The van der Waals surface area contributed by atoms with Crippen molar-refractivity contribution in [1.82, 2.24) is 0 Å². The summed E-state index contributed by atoms with van der Waals surface area (Å²) in [5, 5.41) is 10.2. The number of nitrogens with zero attached hydrogens (tertiary/aromatic N) is 1. The topological polar surface area (TPSA) is 112 Å². The summed E-state index contributed by atoms with van der Waals surface area (Å²) in [6.07, 6.45) is 47.5. The van der Waals surface area contributed by atoms with Crippen LogP contribution < -0.4 is 0 Å². The van der Waals surface area contributed by atoms with Gasteiger partial charge in [-0.2, -0.15) is 0 Å². The number of esters is 1. The molecule has 56 heavy (non-hydrogen) atoms. The molecule has 0 aromatic rings. The molecule has 0 aliphatic carbocycles. The van der Waals surface area contributed by atoms with E-state index in [1.807, 2.05) is 57.6 Å². The highest BCUT2D eigenvalue weighted by Crippen LogP contribution is 2.43. The number of aliphatic hydroxyl groups excluding tert-OH is 1. The molecule has 3 atom stereocenters. The number of likely N-dealkylation sites (N-methyl/N-ethyl adjacent to an activating group) is 1. The molecule has 0 fully saturated rings. The molecule has 0 radical (unpaired) electrons. The zero-order valence-electron chi connectivity index (χ0n) is 35.9. The zero-order valence-corrected chi connectivity index (χ0v) is 36.8. The van der Waals surface area contributed by atoms with E-state index in [1.54, 1.807) is 12.3 Å². The fraction of sp³-hybridized carbons (Fsp3) is 0.674. The van der Waals surface area contributed by atoms with Crippen molar-refractivity contribution in [3.63, 3.8) is 0 Å². The van der Waals surface area contributed by atoms with Crippen LogP contribution in [0.1, 0.15) is 142 Å². The third-order valence-corrected chi connectivity index (χ3v) is 9.64. The molecule has 10 heteroatoms. The van der Waals surface area contributed by atoms with Crippen molar-refractivity contribution >= 4 is 13.8 Å². The lowest BCUT2D eigenvalue weighted by atomic mass is 10.0. The van der Waals surface area contributed by atoms with Crippen molar-refractivity contribution in [3.8, 4) is 0 Å². The molecule has 2 unspecified atom stereocenters. The van der Waals surface area contributed by atoms with Crippen LogP contribution in [0.5, 0.6) is 0 Å². The highest BCUT2D eigenvalue weighted by atomic mass is 31.2. The third kappa shape index (κ3) is 41.1. The van der Waals surface area contributed by atoms with Crippen LogP contribution in [0.2, 0.25) is 0 Å². The molecule has 322 valence electrons. The Bertz CT molecular complexity index is 1180. The number of hydrogen-bond acceptors (Lipinski definition) is 7. The molecule has 9 nitrogen and oxygen atoms in total. The molecule has 0 saturated carbocycles. The molecule has 0 heterocycles. The summed E-state index contributed by atoms with van der Waals surface area (Å²) >= 11 is 0. The van der Waals surface area contributed by atoms with Crippen molar-refractivity contribution in [1.29, 1.82) is 0 Å². The van der Waals surface area contributed by atoms with Gasteiger partial charge in [0.1, 0.15) is 19.8 Å². The summed E-state index contributed by atoms with van der Waals surface area (Å²) in [5.41, 5.74) is 0. The maximum atomic E-state index is 12.5. The number of carbonyl (C=O) groups is 1. The van der Waals surface area contributed by atoms with E-state index in [2.05, 4.69) is 50.3 Å². The molecule has 0 spiro atoms. The normalized spacial score (nSPS) is 15.1. The van der Waals surface area contributed by atoms with Crippen molar-refractivity contribution < 1.29 is 42.4 Å². The van der Waals surface area contributed by atoms with Crippen LogP contribution in [-0.2, 0) is 27.9 Å². The minimum absolute atomic E-state index is 0.0584. The van der Waals surface area contributed by atoms with Crippen LogP contribution in [0.25, 0.3) is 0 Å². The first-order chi connectivity index (χ1) is 27.0. The van der Waals surface area contributed by atoms with Gasteiger partial charge in [-0.1, -0.05) is 157 Å². The number of aliphatic hydroxyl groups is 1. The maximum absolute atomic E-state index is 12.5. The molecule has 0 amide bonds. The molecule has 0 aliphatic rings. The number of rotatable bonds is 38. The van der Waals surface area contributed by atoms with Gasteiger partial charge in [0, 0.05) is 6.42 Å². The standard InChI is InChI=1S/C46H80NO8P/c1-6-8-10-12-14-16-18-20-22-24-26-28-30-35-40-52-45(43-55-56(50,51)54-41-39-47(3,4)5)42-53-46(49)38-34-31-33-37-44(48)36-32-29-27-25-23-21-19-17-15-13-11-9-7-2/h9,11,15,17,21,23,27,29,31-33,35-36,40,44-45,48H,6-8,10,12-14,16,18-20,22,24-26,28,30,34,37-39,41-43H2,1-5H3/p+1/b11-9-,17-15-,23-21-,29-27-,33-31-,36-32-,40-35+/t44?,45-/m1/s1. The number of hydrogen-bond donors (Lipinski definition) is 2. The van der Waals surface area contributed by atoms with Crippen LogP contribution >= 0.6 is 7.82 Å². The first-order valence-electron chi connectivity index (χ1n) is 21.5. The maximum Gasteiger partial charge on any atom is 0.472 e. The largest absolute Gasteiger partial charge is 0.492 e. The average Bonchev–Trinajstić information content (AvgIpc) is 3.15. The first kappa shape index (κ1) is 53.5. The van der Waals surface area contributed by atoms with Gasteiger partial charge in [0.05, 0.1) is 40.1 Å². The fourth-order valence-electron chi connectivity index (χ4n) is 5.23. The number of ether oxygens (including phenoxy) is 2. The number of carbonyl (C=O) groups excluding carboxylic acids is 1. The smallest absolute Gasteiger partial charge is 0.472 e. The summed E-state index contributed by atoms with van der Waals surface area (Å²) in [7, 11) is 1.57. The lowest BCUT2D eigenvalue weighted by Gasteiger charge is -2.24. The SMILES string of the molecule is CC/C=C\C/C=C\C/C=C\C/C=C\C=C/C(O)C/C=C\CCC(=O)OC[C@H](COP(=O)(O)OCC[N+](C)(C)C)O/C=C/CCCCCCCCCCCCCC. The van der Waals surface area contributed by atoms with Crippen molar-refractivity contribution in [2.75, 3.05) is 47.5 Å². The Kier molecular flexibility index (Phi) is 36.3. The second-order valence-electron chi connectivity index (χ2n) is 15.3. The van der Waals surface area contributed by atoms with Crippen LogP contribution in [0.4, 0.5) is 0 Å². The predicted octanol–water partition coefficient (Wildman–Crippen LogP) is 11.8. The minimum atomic E-state index is -4.31. The van der Waals surface area contributed by atoms with E-state index < -0.39 is 26.0 Å². The van der Waals surface area contributed by atoms with Gasteiger partial charge in [-0.15, -0.1) is 0 Å². The Balaban J connectivity index is 4.53. The Morgan fingerprint density at radius 3 is 1.88 bits per heavy atom. The van der Waals surface area contributed by atoms with Gasteiger partial charge in [0.15, 0.2) is 6.10 Å². The predicted molar refractivity (Wildman–Crippen MR) is 234 cm³/mol. The average molecular weight is 807 g/mol. The number of phosphoric ester groups is 1. The van der Waals surface area contributed by atoms with Crippen LogP contribution in [0.3, 0.4) is 0 Å². The molecule has 2 N–H and O–H groups in total. The van der Waals surface area contributed by atoms with E-state index in [4.69, 9.17) is 18.5 Å². The molecule has 0 saturated heterocycles. The molecule has 0 aromatic heterocycles. The number of unbranched alkanes of at least 4 members (excludes halogenated alkanes) is 12. The monoisotopic (exact) mass is 807 g/mol. The summed E-state index contributed by atoms with van der Waals surface area (Å²) in [5.74, 6) is -0.421. The van der Waals surface area contributed by atoms with Gasteiger partial charge in [-0.3, -0.25) is 13.8 Å². The summed E-state index contributed by atoms with van der Waals surface area (Å²) in [4.78, 5) is 22.6. The van der Waals surface area contributed by atoms with Crippen LogP contribution in [0, 0.1) is 0 Å². The summed E-state index contributed by atoms with van der Waals surface area (Å²) < 4.78 is 34.6. The second kappa shape index (κ2) is 38.0. The van der Waals surface area contributed by atoms with Gasteiger partial charge in [0.25, 0.3) is 0 Å². The summed E-state index contributed by atoms with van der Waals surface area (Å²) in [6, 6.07) is 0. The third-order valence-electron chi connectivity index (χ3n) is 8.65. The quantitative estimate of drug-likeness (QED) is 0.0121. The molecule has 0 aromatic carbocycles. The molecule has 0 rings (SSSR count). The van der Waals surface area contributed by atoms with Crippen LogP contribution in [0.15, 0.2) is 85.3 Å². The van der Waals surface area contributed by atoms with E-state index in [-0.39, 0.29) is 26.2 Å². The van der Waals surface area contributed by atoms with Gasteiger partial charge < -0.3 is 24.0 Å². The lowest BCUT2D eigenvalue weighted by Crippen LogP contribution is -2.37. The van der Waals surface area contributed by atoms with Crippen molar-refractivity contribution in [2.45, 2.75) is 154 Å². The van der Waals surface area contributed by atoms with E-state index >= 15 is 0 Å². The van der Waals surface area contributed by atoms with Crippen molar-refractivity contribution in [3.05, 3.63) is 85.3 Å². The Labute approximate surface area is 342 Å². The van der Waals surface area contributed by atoms with Gasteiger partial charge in [-0.25, -0.2) is 4.57 Å².